The van der Waals surface area contributed by atoms with Gasteiger partial charge in [-0.15, -0.1) is 0 Å². The maximum atomic E-state index is 13.3. The van der Waals surface area contributed by atoms with E-state index < -0.39 is 5.97 Å². The van der Waals surface area contributed by atoms with Crippen molar-refractivity contribution in [2.45, 2.75) is 44.7 Å². The molecule has 156 valence electrons. The van der Waals surface area contributed by atoms with Gasteiger partial charge in [0.05, 0.1) is 19.3 Å². The van der Waals surface area contributed by atoms with E-state index in [0.717, 1.165) is 42.1 Å². The van der Waals surface area contributed by atoms with Crippen molar-refractivity contribution in [3.05, 3.63) is 60.3 Å². The number of anilines is 1. The second-order valence-electron chi connectivity index (χ2n) is 7.49. The van der Waals surface area contributed by atoms with Crippen molar-refractivity contribution < 1.29 is 18.7 Å². The zero-order valence-corrected chi connectivity index (χ0v) is 17.0. The molecule has 0 bridgehead atoms. The summed E-state index contributed by atoms with van der Waals surface area (Å²) in [6, 6.07) is 13.7. The van der Waals surface area contributed by atoms with E-state index in [1.54, 1.807) is 4.90 Å². The number of rotatable bonds is 5. The standard InChI is InChI=1S/C23H25N3O4/c1-29-22(27)20-15-30-21(24-20)14-26(17-10-3-2-4-11-17)23(28)25-19-13-7-9-16-8-5-6-12-18(16)19/h5-9,12-13,15,17H,2-4,10-11,14H2,1H3,(H,25,28). The van der Waals surface area contributed by atoms with Gasteiger partial charge >= 0.3 is 12.0 Å². The van der Waals surface area contributed by atoms with E-state index in [1.807, 2.05) is 42.5 Å². The van der Waals surface area contributed by atoms with E-state index in [2.05, 4.69) is 15.0 Å². The average molecular weight is 407 g/mol. The molecule has 1 heterocycles. The first kappa shape index (κ1) is 19.9. The summed E-state index contributed by atoms with van der Waals surface area (Å²) in [5.74, 6) is -0.247. The van der Waals surface area contributed by atoms with Crippen LogP contribution in [0, 0.1) is 0 Å². The van der Waals surface area contributed by atoms with Gasteiger partial charge in [0.1, 0.15) is 6.26 Å². The van der Waals surface area contributed by atoms with Gasteiger partial charge in [0.2, 0.25) is 5.89 Å². The van der Waals surface area contributed by atoms with Gasteiger partial charge in [-0.3, -0.25) is 0 Å². The second-order valence-corrected chi connectivity index (χ2v) is 7.49. The Balaban J connectivity index is 1.57. The van der Waals surface area contributed by atoms with Crippen molar-refractivity contribution in [1.82, 2.24) is 9.88 Å². The normalized spacial score (nSPS) is 14.4. The highest BCUT2D eigenvalue weighted by Gasteiger charge is 2.28. The topological polar surface area (TPSA) is 84.7 Å². The zero-order chi connectivity index (χ0) is 20.9. The number of nitrogens with one attached hydrogen (secondary N) is 1. The lowest BCUT2D eigenvalue weighted by atomic mass is 9.94. The van der Waals surface area contributed by atoms with Crippen LogP contribution in [-0.2, 0) is 11.3 Å². The monoisotopic (exact) mass is 407 g/mol. The highest BCUT2D eigenvalue weighted by Crippen LogP contribution is 2.27. The van der Waals surface area contributed by atoms with Crippen molar-refractivity contribution in [2.24, 2.45) is 0 Å². The number of nitrogens with zero attached hydrogens (tertiary/aromatic N) is 2. The first-order valence-electron chi connectivity index (χ1n) is 10.2. The van der Waals surface area contributed by atoms with Crippen LogP contribution in [0.4, 0.5) is 10.5 Å². The molecule has 2 amide bonds. The Morgan fingerprint density at radius 1 is 1.13 bits per heavy atom. The lowest BCUT2D eigenvalue weighted by molar-refractivity contribution is 0.0594. The molecule has 0 saturated heterocycles. The fraction of sp³-hybridized carbons (Fsp3) is 0.348. The largest absolute Gasteiger partial charge is 0.464 e. The lowest BCUT2D eigenvalue weighted by Gasteiger charge is -2.33. The number of urea groups is 1. The first-order valence-corrected chi connectivity index (χ1v) is 10.2. The van der Waals surface area contributed by atoms with Gasteiger partial charge in [0.25, 0.3) is 0 Å². The summed E-state index contributed by atoms with van der Waals surface area (Å²) in [7, 11) is 1.29. The molecule has 1 aromatic heterocycles. The minimum atomic E-state index is -0.561. The summed E-state index contributed by atoms with van der Waals surface area (Å²) < 4.78 is 10.1. The van der Waals surface area contributed by atoms with Gasteiger partial charge in [-0.25, -0.2) is 14.6 Å². The van der Waals surface area contributed by atoms with Crippen molar-refractivity contribution >= 4 is 28.5 Å². The number of carbonyl (C=O) groups excluding carboxylic acids is 2. The number of hydrogen-bond donors (Lipinski definition) is 1. The van der Waals surface area contributed by atoms with Crippen LogP contribution in [0.3, 0.4) is 0 Å². The third kappa shape index (κ3) is 4.30. The number of aromatic nitrogens is 1. The Morgan fingerprint density at radius 2 is 1.90 bits per heavy atom. The number of oxazole rings is 1. The highest BCUT2D eigenvalue weighted by molar-refractivity contribution is 6.01. The van der Waals surface area contributed by atoms with Crippen molar-refractivity contribution in [2.75, 3.05) is 12.4 Å². The highest BCUT2D eigenvalue weighted by atomic mass is 16.5. The molecule has 4 rings (SSSR count). The van der Waals surface area contributed by atoms with Crippen LogP contribution in [0.1, 0.15) is 48.5 Å². The molecule has 1 N–H and O–H groups in total. The number of methoxy groups -OCH3 is 1. The number of fused-ring (bicyclic) bond motifs is 1. The quantitative estimate of drug-likeness (QED) is 0.603. The molecule has 1 fully saturated rings. The Kier molecular flexibility index (Phi) is 5.97. The molecule has 3 aromatic rings. The molecule has 30 heavy (non-hydrogen) atoms. The summed E-state index contributed by atoms with van der Waals surface area (Å²) in [5.41, 5.74) is 0.868. The van der Waals surface area contributed by atoms with E-state index >= 15 is 0 Å². The molecule has 1 saturated carbocycles. The van der Waals surface area contributed by atoms with Gasteiger partial charge in [-0.05, 0) is 24.3 Å². The fourth-order valence-corrected chi connectivity index (χ4v) is 4.01. The Bertz CT molecular complexity index is 1030. The van der Waals surface area contributed by atoms with Gasteiger partial charge in [0.15, 0.2) is 5.69 Å². The third-order valence-corrected chi connectivity index (χ3v) is 5.56. The Hall–Kier alpha value is -3.35. The third-order valence-electron chi connectivity index (χ3n) is 5.56. The van der Waals surface area contributed by atoms with Gasteiger partial charge in [-0.1, -0.05) is 55.7 Å². The van der Waals surface area contributed by atoms with Crippen LogP contribution in [0.15, 0.2) is 53.1 Å². The Morgan fingerprint density at radius 3 is 2.70 bits per heavy atom. The van der Waals surface area contributed by atoms with Crippen LogP contribution in [0.5, 0.6) is 0 Å². The van der Waals surface area contributed by atoms with Crippen molar-refractivity contribution in [3.63, 3.8) is 0 Å². The SMILES string of the molecule is COC(=O)c1coc(CN(C(=O)Nc2cccc3ccccc23)C2CCCCC2)n1. The van der Waals surface area contributed by atoms with Crippen LogP contribution >= 0.6 is 0 Å². The number of benzene rings is 2. The molecule has 0 atom stereocenters. The van der Waals surface area contributed by atoms with E-state index in [9.17, 15) is 9.59 Å². The number of carbonyl (C=O) groups is 2. The van der Waals surface area contributed by atoms with E-state index in [4.69, 9.17) is 4.42 Å². The maximum absolute atomic E-state index is 13.3. The number of hydrogen-bond acceptors (Lipinski definition) is 5. The van der Waals surface area contributed by atoms with E-state index in [-0.39, 0.29) is 24.3 Å². The van der Waals surface area contributed by atoms with Gasteiger partial charge in [0, 0.05) is 11.4 Å². The predicted octanol–water partition coefficient (Wildman–Crippen LogP) is 4.98. The smallest absolute Gasteiger partial charge is 0.360 e. The van der Waals surface area contributed by atoms with Gasteiger partial charge in [-0.2, -0.15) is 0 Å². The van der Waals surface area contributed by atoms with Crippen molar-refractivity contribution in [3.8, 4) is 0 Å². The second kappa shape index (κ2) is 8.98. The van der Waals surface area contributed by atoms with Crippen LogP contribution in [0.2, 0.25) is 0 Å². The average Bonchev–Trinajstić information content (AvgIpc) is 3.26. The molecule has 0 aliphatic heterocycles. The molecule has 0 unspecified atom stereocenters. The first-order chi connectivity index (χ1) is 14.7. The summed E-state index contributed by atoms with van der Waals surface area (Å²) in [4.78, 5) is 31.0. The molecule has 7 heteroatoms. The van der Waals surface area contributed by atoms with Crippen molar-refractivity contribution in [1.29, 1.82) is 0 Å². The molecular weight excluding hydrogens is 382 g/mol. The van der Waals surface area contributed by atoms with E-state index in [1.165, 1.54) is 19.8 Å². The summed E-state index contributed by atoms with van der Waals surface area (Å²) >= 11 is 0. The maximum Gasteiger partial charge on any atom is 0.360 e. The van der Waals surface area contributed by atoms with Crippen LogP contribution in [0.25, 0.3) is 10.8 Å². The lowest BCUT2D eigenvalue weighted by Crippen LogP contribution is -2.43. The molecule has 2 aromatic carbocycles. The summed E-state index contributed by atoms with van der Waals surface area (Å²) in [6.07, 6.45) is 6.49. The van der Waals surface area contributed by atoms with E-state index in [0.29, 0.717) is 5.89 Å². The summed E-state index contributed by atoms with van der Waals surface area (Å²) in [6.45, 7) is 0.193. The molecule has 1 aliphatic carbocycles. The number of esters is 1. The minimum absolute atomic E-state index is 0.0993. The van der Waals surface area contributed by atoms with Crippen LogP contribution in [-0.4, -0.2) is 35.0 Å². The molecular formula is C23H25N3O4. The zero-order valence-electron chi connectivity index (χ0n) is 17.0. The van der Waals surface area contributed by atoms with Gasteiger partial charge < -0.3 is 19.4 Å². The number of amides is 2. The molecule has 7 nitrogen and oxygen atoms in total. The molecule has 0 spiro atoms. The van der Waals surface area contributed by atoms with Crippen LogP contribution < -0.4 is 5.32 Å². The molecule has 1 aliphatic rings. The number of ether oxygens (including phenoxy) is 1. The minimum Gasteiger partial charge on any atom is -0.464 e. The predicted molar refractivity (Wildman–Crippen MR) is 113 cm³/mol. The fourth-order valence-electron chi connectivity index (χ4n) is 4.01. The molecule has 0 radical (unpaired) electrons. The summed E-state index contributed by atoms with van der Waals surface area (Å²) in [5, 5.41) is 5.12. The Labute approximate surface area is 175 Å².